The Morgan fingerprint density at radius 2 is 2.35 bits per heavy atom. The minimum absolute atomic E-state index is 0.0479. The van der Waals surface area contributed by atoms with E-state index in [0.717, 1.165) is 5.69 Å². The zero-order valence-corrected chi connectivity index (χ0v) is 9.98. The quantitative estimate of drug-likeness (QED) is 0.725. The van der Waals surface area contributed by atoms with Crippen LogP contribution >= 0.6 is 0 Å². The smallest absolute Gasteiger partial charge is 0.223 e. The average molecular weight is 258 g/mol. The number of hydrogen-bond acceptors (Lipinski definition) is 4. The van der Waals surface area contributed by atoms with E-state index in [1.165, 1.54) is 6.33 Å². The second-order valence-corrected chi connectivity index (χ2v) is 5.91. The van der Waals surface area contributed by atoms with E-state index in [1.54, 1.807) is 11.1 Å². The highest BCUT2D eigenvalue weighted by molar-refractivity contribution is 7.89. The SMILES string of the molecule is NS(=O)(=O)CC1CC(=O)N(Cc2cnc[nH]2)C1. The van der Waals surface area contributed by atoms with E-state index in [2.05, 4.69) is 9.97 Å². The first-order valence-electron chi connectivity index (χ1n) is 5.19. The molecule has 0 saturated carbocycles. The number of H-pyrrole nitrogens is 1. The van der Waals surface area contributed by atoms with Crippen LogP contribution in [0, 0.1) is 5.92 Å². The molecule has 7 nitrogen and oxygen atoms in total. The Kier molecular flexibility index (Phi) is 3.16. The summed E-state index contributed by atoms with van der Waals surface area (Å²) in [7, 11) is -3.52. The number of likely N-dealkylation sites (tertiary alicyclic amines) is 1. The molecule has 1 aromatic heterocycles. The van der Waals surface area contributed by atoms with Crippen molar-refractivity contribution in [1.82, 2.24) is 14.9 Å². The number of carbonyl (C=O) groups excluding carboxylic acids is 1. The van der Waals surface area contributed by atoms with Crippen LogP contribution in [0.4, 0.5) is 0 Å². The lowest BCUT2D eigenvalue weighted by Gasteiger charge is -2.15. The molecule has 1 saturated heterocycles. The van der Waals surface area contributed by atoms with Gasteiger partial charge in [0.1, 0.15) is 0 Å². The van der Waals surface area contributed by atoms with Gasteiger partial charge in [0.15, 0.2) is 0 Å². The number of amides is 1. The molecule has 2 rings (SSSR count). The van der Waals surface area contributed by atoms with Crippen molar-refractivity contribution >= 4 is 15.9 Å². The summed E-state index contributed by atoms with van der Waals surface area (Å²) in [5.74, 6) is -0.397. The maximum atomic E-state index is 11.7. The van der Waals surface area contributed by atoms with Crippen LogP contribution in [0.15, 0.2) is 12.5 Å². The lowest BCUT2D eigenvalue weighted by molar-refractivity contribution is -0.128. The molecule has 1 aliphatic heterocycles. The van der Waals surface area contributed by atoms with Crippen molar-refractivity contribution in [1.29, 1.82) is 0 Å². The highest BCUT2D eigenvalue weighted by Gasteiger charge is 2.31. The van der Waals surface area contributed by atoms with Gasteiger partial charge in [-0.15, -0.1) is 0 Å². The van der Waals surface area contributed by atoms with Gasteiger partial charge in [-0.25, -0.2) is 18.5 Å². The highest BCUT2D eigenvalue weighted by Crippen LogP contribution is 2.20. The molecule has 1 unspecified atom stereocenters. The average Bonchev–Trinajstić information content (AvgIpc) is 2.75. The number of hydrogen-bond donors (Lipinski definition) is 2. The summed E-state index contributed by atoms with van der Waals surface area (Å²) >= 11 is 0. The first kappa shape index (κ1) is 12.1. The molecule has 1 aromatic rings. The van der Waals surface area contributed by atoms with Gasteiger partial charge in [-0.2, -0.15) is 0 Å². The van der Waals surface area contributed by atoms with Gasteiger partial charge >= 0.3 is 0 Å². The molecule has 2 heterocycles. The highest BCUT2D eigenvalue weighted by atomic mass is 32.2. The van der Waals surface area contributed by atoms with Crippen LogP contribution in [0.1, 0.15) is 12.1 Å². The van der Waals surface area contributed by atoms with E-state index in [9.17, 15) is 13.2 Å². The molecule has 0 spiro atoms. The summed E-state index contributed by atoms with van der Waals surface area (Å²) in [5, 5.41) is 4.97. The number of carbonyl (C=O) groups is 1. The van der Waals surface area contributed by atoms with Gasteiger partial charge in [0.25, 0.3) is 0 Å². The van der Waals surface area contributed by atoms with Gasteiger partial charge < -0.3 is 9.88 Å². The van der Waals surface area contributed by atoms with Gasteiger partial charge in [-0.3, -0.25) is 4.79 Å². The van der Waals surface area contributed by atoms with Crippen LogP contribution in [0.5, 0.6) is 0 Å². The summed E-state index contributed by atoms with van der Waals surface area (Å²) in [4.78, 5) is 20.0. The topological polar surface area (TPSA) is 109 Å². The number of sulfonamides is 1. The third-order valence-corrected chi connectivity index (χ3v) is 3.61. The van der Waals surface area contributed by atoms with Gasteiger partial charge in [0.05, 0.1) is 24.3 Å². The molecule has 1 amide bonds. The lowest BCUT2D eigenvalue weighted by atomic mass is 10.1. The number of primary sulfonamides is 1. The maximum Gasteiger partial charge on any atom is 0.223 e. The van der Waals surface area contributed by atoms with Crippen molar-refractivity contribution in [3.05, 3.63) is 18.2 Å². The molecule has 1 atom stereocenters. The molecule has 8 heteroatoms. The summed E-state index contributed by atoms with van der Waals surface area (Å²) in [6.07, 6.45) is 3.42. The Bertz CT molecular complexity index is 496. The molecule has 1 fully saturated rings. The monoisotopic (exact) mass is 258 g/mol. The number of imidazole rings is 1. The van der Waals surface area contributed by atoms with Crippen LogP contribution in [-0.4, -0.2) is 41.5 Å². The predicted molar refractivity (Wildman–Crippen MR) is 60.1 cm³/mol. The molecular weight excluding hydrogens is 244 g/mol. The number of rotatable bonds is 4. The van der Waals surface area contributed by atoms with Crippen molar-refractivity contribution in [2.24, 2.45) is 11.1 Å². The Morgan fingerprint density at radius 1 is 1.59 bits per heavy atom. The van der Waals surface area contributed by atoms with Crippen molar-refractivity contribution in [2.45, 2.75) is 13.0 Å². The van der Waals surface area contributed by atoms with Gasteiger partial charge in [-0.05, 0) is 0 Å². The van der Waals surface area contributed by atoms with E-state index >= 15 is 0 Å². The number of aromatic nitrogens is 2. The summed E-state index contributed by atoms with van der Waals surface area (Å²) in [6.45, 7) is 0.855. The maximum absolute atomic E-state index is 11.7. The first-order chi connectivity index (χ1) is 7.94. The predicted octanol–water partition coefficient (Wildman–Crippen LogP) is -0.953. The fraction of sp³-hybridized carbons (Fsp3) is 0.556. The van der Waals surface area contributed by atoms with E-state index in [0.29, 0.717) is 13.1 Å². The number of nitrogens with zero attached hydrogens (tertiary/aromatic N) is 2. The molecule has 0 bridgehead atoms. The Labute approximate surface area is 99.1 Å². The number of aromatic amines is 1. The largest absolute Gasteiger partial charge is 0.347 e. The van der Waals surface area contributed by atoms with Gasteiger partial charge in [0, 0.05) is 25.1 Å². The lowest BCUT2D eigenvalue weighted by Crippen LogP contribution is -2.27. The third kappa shape index (κ3) is 3.27. The molecule has 0 radical (unpaired) electrons. The van der Waals surface area contributed by atoms with Gasteiger partial charge in [0.2, 0.25) is 15.9 Å². The molecule has 1 aliphatic rings. The van der Waals surface area contributed by atoms with Crippen LogP contribution < -0.4 is 5.14 Å². The van der Waals surface area contributed by atoms with Crippen LogP contribution in [0.2, 0.25) is 0 Å². The second kappa shape index (κ2) is 4.46. The van der Waals surface area contributed by atoms with Crippen LogP contribution in [0.25, 0.3) is 0 Å². The summed E-state index contributed by atoms with van der Waals surface area (Å²) in [5.41, 5.74) is 0.828. The first-order valence-corrected chi connectivity index (χ1v) is 6.91. The molecule has 0 aliphatic carbocycles. The fourth-order valence-electron chi connectivity index (χ4n) is 2.02. The molecule has 94 valence electrons. The third-order valence-electron chi connectivity index (χ3n) is 2.68. The zero-order valence-electron chi connectivity index (χ0n) is 9.17. The fourth-order valence-corrected chi connectivity index (χ4v) is 2.90. The summed E-state index contributed by atoms with van der Waals surface area (Å²) in [6, 6.07) is 0. The Morgan fingerprint density at radius 3 is 2.94 bits per heavy atom. The standard InChI is InChI=1S/C9H14N4O3S/c10-17(15,16)5-7-1-9(14)13(3-7)4-8-2-11-6-12-8/h2,6-7H,1,3-5H2,(H,11,12)(H2,10,15,16). The minimum Gasteiger partial charge on any atom is -0.347 e. The number of nitrogens with two attached hydrogens (primary N) is 1. The summed E-state index contributed by atoms with van der Waals surface area (Å²) < 4.78 is 21.9. The van der Waals surface area contributed by atoms with Gasteiger partial charge in [-0.1, -0.05) is 0 Å². The Balaban J connectivity index is 1.96. The Hall–Kier alpha value is -1.41. The van der Waals surface area contributed by atoms with Crippen molar-refractivity contribution < 1.29 is 13.2 Å². The zero-order chi connectivity index (χ0) is 12.5. The molecular formula is C9H14N4O3S. The van der Waals surface area contributed by atoms with Crippen LogP contribution in [0.3, 0.4) is 0 Å². The molecule has 17 heavy (non-hydrogen) atoms. The molecule has 3 N–H and O–H groups in total. The van der Waals surface area contributed by atoms with E-state index in [4.69, 9.17) is 5.14 Å². The van der Waals surface area contributed by atoms with E-state index < -0.39 is 10.0 Å². The normalized spacial score (nSPS) is 21.1. The van der Waals surface area contributed by atoms with Crippen LogP contribution in [-0.2, 0) is 21.4 Å². The molecule has 0 aromatic carbocycles. The van der Waals surface area contributed by atoms with Crippen molar-refractivity contribution in [3.63, 3.8) is 0 Å². The van der Waals surface area contributed by atoms with Crippen molar-refractivity contribution in [2.75, 3.05) is 12.3 Å². The number of nitrogens with one attached hydrogen (secondary N) is 1. The minimum atomic E-state index is -3.52. The van der Waals surface area contributed by atoms with E-state index in [-0.39, 0.29) is 24.0 Å². The van der Waals surface area contributed by atoms with E-state index in [1.807, 2.05) is 0 Å². The van der Waals surface area contributed by atoms with Crippen molar-refractivity contribution in [3.8, 4) is 0 Å². The second-order valence-electron chi connectivity index (χ2n) is 4.25.